The summed E-state index contributed by atoms with van der Waals surface area (Å²) in [4.78, 5) is 19.2. The predicted octanol–water partition coefficient (Wildman–Crippen LogP) is 5.28. The highest BCUT2D eigenvalue weighted by Gasteiger charge is 2.28. The van der Waals surface area contributed by atoms with Gasteiger partial charge in [-0.15, -0.1) is 0 Å². The van der Waals surface area contributed by atoms with E-state index in [1.807, 2.05) is 72.2 Å². The summed E-state index contributed by atoms with van der Waals surface area (Å²) in [5, 5.41) is 10.3. The monoisotopic (exact) mass is 497 g/mol. The van der Waals surface area contributed by atoms with Gasteiger partial charge in [0.05, 0.1) is 35.0 Å². The van der Waals surface area contributed by atoms with Gasteiger partial charge in [0.1, 0.15) is 23.0 Å². The number of aryl methyl sites for hydroxylation is 3. The number of halogens is 2. The van der Waals surface area contributed by atoms with E-state index in [0.29, 0.717) is 35.2 Å². The van der Waals surface area contributed by atoms with Gasteiger partial charge >= 0.3 is 0 Å². The van der Waals surface area contributed by atoms with Gasteiger partial charge in [-0.2, -0.15) is 10.2 Å². The molecule has 10 heteroatoms. The Kier molecular flexibility index (Phi) is 5.73. The highest BCUT2D eigenvalue weighted by molar-refractivity contribution is 6.33. The van der Waals surface area contributed by atoms with Crippen molar-refractivity contribution in [3.05, 3.63) is 58.1 Å². The normalized spacial score (nSPS) is 13.7. The molecule has 0 unspecified atom stereocenters. The van der Waals surface area contributed by atoms with E-state index in [0.717, 1.165) is 34.2 Å². The second kappa shape index (κ2) is 8.60. The van der Waals surface area contributed by atoms with Crippen LogP contribution in [0.25, 0.3) is 22.6 Å². The molecule has 4 heterocycles. The average molecular weight is 498 g/mol. The van der Waals surface area contributed by atoms with Gasteiger partial charge in [0.25, 0.3) is 0 Å². The molecule has 0 radical (unpaired) electrons. The number of anilines is 1. The van der Waals surface area contributed by atoms with Crippen molar-refractivity contribution in [3.63, 3.8) is 0 Å². The molecule has 1 aromatic carbocycles. The fourth-order valence-corrected chi connectivity index (χ4v) is 4.77. The van der Waals surface area contributed by atoms with Gasteiger partial charge in [0, 0.05) is 37.3 Å². The maximum Gasteiger partial charge on any atom is 0.230 e. The third kappa shape index (κ3) is 3.91. The first-order valence-corrected chi connectivity index (χ1v) is 11.9. The third-order valence-electron chi connectivity index (χ3n) is 6.12. The van der Waals surface area contributed by atoms with Crippen LogP contribution in [-0.2, 0) is 24.9 Å². The smallest absolute Gasteiger partial charge is 0.230 e. The lowest BCUT2D eigenvalue weighted by atomic mass is 10.1. The largest absolute Gasteiger partial charge is 0.338 e. The molecule has 1 aliphatic rings. The first kappa shape index (κ1) is 22.7. The first-order valence-electron chi connectivity index (χ1n) is 11.1. The number of amides is 1. The molecule has 0 saturated heterocycles. The van der Waals surface area contributed by atoms with E-state index in [2.05, 4.69) is 10.1 Å². The molecule has 8 nitrogen and oxygen atoms in total. The summed E-state index contributed by atoms with van der Waals surface area (Å²) in [5.41, 5.74) is 4.07. The summed E-state index contributed by atoms with van der Waals surface area (Å²) < 4.78 is 5.67. The van der Waals surface area contributed by atoms with Crippen LogP contribution in [0.5, 0.6) is 0 Å². The summed E-state index contributed by atoms with van der Waals surface area (Å²) in [6.45, 7) is 6.95. The second-order valence-corrected chi connectivity index (χ2v) is 9.63. The molecule has 4 aromatic rings. The molecule has 34 heavy (non-hydrogen) atoms. The van der Waals surface area contributed by atoms with Crippen LogP contribution < -0.4 is 4.90 Å². The van der Waals surface area contributed by atoms with E-state index in [1.54, 1.807) is 11.1 Å². The highest BCUT2D eigenvalue weighted by atomic mass is 35.5. The van der Waals surface area contributed by atoms with Crippen LogP contribution >= 0.6 is 23.2 Å². The molecular formula is C24H25Cl2N7O. The number of imidazole rings is 1. The Morgan fingerprint density at radius 2 is 1.91 bits per heavy atom. The Morgan fingerprint density at radius 1 is 1.12 bits per heavy atom. The number of hydrogen-bond acceptors (Lipinski definition) is 4. The van der Waals surface area contributed by atoms with Gasteiger partial charge in [-0.05, 0) is 32.4 Å². The van der Waals surface area contributed by atoms with Crippen LogP contribution in [0.2, 0.25) is 10.0 Å². The zero-order valence-electron chi connectivity index (χ0n) is 19.5. The fourth-order valence-electron chi connectivity index (χ4n) is 4.25. The van der Waals surface area contributed by atoms with Crippen LogP contribution in [-0.4, -0.2) is 35.0 Å². The summed E-state index contributed by atoms with van der Waals surface area (Å²) in [6, 6.07) is 7.87. The molecule has 1 aliphatic heterocycles. The topological polar surface area (TPSA) is 73.8 Å². The number of carbonyl (C=O) groups is 1. The lowest BCUT2D eigenvalue weighted by molar-refractivity contribution is -0.119. The van der Waals surface area contributed by atoms with Gasteiger partial charge in [0.2, 0.25) is 5.91 Å². The van der Waals surface area contributed by atoms with Gasteiger partial charge < -0.3 is 4.57 Å². The Bertz CT molecular complexity index is 1380. The SMILES string of the molecule is Cc1nc(-c2ccc(CN3C(=O)CCn4nc(-c5c(Cl)cnn5C(C)C)cc43)cc2Cl)cn1C. The number of rotatable bonds is 5. The van der Waals surface area contributed by atoms with Crippen molar-refractivity contribution in [2.24, 2.45) is 7.05 Å². The number of hydrogen-bond donors (Lipinski definition) is 0. The van der Waals surface area contributed by atoms with Gasteiger partial charge in [-0.25, -0.2) is 9.67 Å². The average Bonchev–Trinajstić information content (AvgIpc) is 3.47. The summed E-state index contributed by atoms with van der Waals surface area (Å²) >= 11 is 13.1. The Labute approximate surface area is 207 Å². The van der Waals surface area contributed by atoms with Crippen LogP contribution in [0, 0.1) is 6.92 Å². The van der Waals surface area contributed by atoms with E-state index in [9.17, 15) is 4.79 Å². The third-order valence-corrected chi connectivity index (χ3v) is 6.70. The minimum absolute atomic E-state index is 0.0444. The Balaban J connectivity index is 1.47. The molecule has 3 aromatic heterocycles. The zero-order valence-corrected chi connectivity index (χ0v) is 21.0. The quantitative estimate of drug-likeness (QED) is 0.375. The molecule has 0 fully saturated rings. The maximum absolute atomic E-state index is 12.9. The van der Waals surface area contributed by atoms with Crippen molar-refractivity contribution in [1.29, 1.82) is 0 Å². The van der Waals surface area contributed by atoms with E-state index < -0.39 is 0 Å². The standard InChI is InChI=1S/C24H25Cl2N7O/c1-14(2)33-24(19(26)11-27-33)20-10-22-31(23(34)7-8-32(22)29-20)12-16-5-6-17(18(25)9-16)21-13-30(4)15(3)28-21/h5-6,9-11,13-14H,7-8,12H2,1-4H3. The van der Waals surface area contributed by atoms with Crippen LogP contribution in [0.15, 0.2) is 36.7 Å². The molecule has 0 atom stereocenters. The summed E-state index contributed by atoms with van der Waals surface area (Å²) in [5.74, 6) is 1.69. The Hall–Kier alpha value is -3.10. The number of aromatic nitrogens is 6. The molecule has 1 amide bonds. The van der Waals surface area contributed by atoms with Gasteiger partial charge in [-0.1, -0.05) is 35.3 Å². The molecule has 176 valence electrons. The number of fused-ring (bicyclic) bond motifs is 1. The number of benzene rings is 1. The molecular weight excluding hydrogens is 473 g/mol. The minimum Gasteiger partial charge on any atom is -0.338 e. The van der Waals surface area contributed by atoms with E-state index in [1.165, 1.54) is 0 Å². The van der Waals surface area contributed by atoms with Crippen molar-refractivity contribution in [3.8, 4) is 22.6 Å². The van der Waals surface area contributed by atoms with Crippen molar-refractivity contribution < 1.29 is 4.79 Å². The fraction of sp³-hybridized carbons (Fsp3) is 0.333. The van der Waals surface area contributed by atoms with E-state index in [4.69, 9.17) is 28.3 Å². The number of carbonyl (C=O) groups excluding carboxylic acids is 1. The number of nitrogens with zero attached hydrogens (tertiary/aromatic N) is 7. The molecule has 0 aliphatic carbocycles. The van der Waals surface area contributed by atoms with Crippen LogP contribution in [0.1, 0.15) is 37.7 Å². The van der Waals surface area contributed by atoms with Crippen LogP contribution in [0.3, 0.4) is 0 Å². The molecule has 5 rings (SSSR count). The van der Waals surface area contributed by atoms with Crippen molar-refractivity contribution in [1.82, 2.24) is 29.1 Å². The van der Waals surface area contributed by atoms with Crippen molar-refractivity contribution >= 4 is 34.9 Å². The lowest BCUT2D eigenvalue weighted by Gasteiger charge is -2.27. The Morgan fingerprint density at radius 3 is 2.59 bits per heavy atom. The first-order chi connectivity index (χ1) is 16.2. The van der Waals surface area contributed by atoms with Gasteiger partial charge in [0.15, 0.2) is 0 Å². The maximum atomic E-state index is 12.9. The van der Waals surface area contributed by atoms with E-state index >= 15 is 0 Å². The van der Waals surface area contributed by atoms with Crippen molar-refractivity contribution in [2.75, 3.05) is 4.90 Å². The molecule has 0 saturated carbocycles. The summed E-state index contributed by atoms with van der Waals surface area (Å²) in [6.07, 6.45) is 3.96. The van der Waals surface area contributed by atoms with Crippen molar-refractivity contribution in [2.45, 2.75) is 46.3 Å². The zero-order chi connectivity index (χ0) is 24.1. The molecule has 0 spiro atoms. The second-order valence-electron chi connectivity index (χ2n) is 8.82. The van der Waals surface area contributed by atoms with E-state index in [-0.39, 0.29) is 11.9 Å². The van der Waals surface area contributed by atoms with Gasteiger partial charge in [-0.3, -0.25) is 14.4 Å². The minimum atomic E-state index is 0.0444. The summed E-state index contributed by atoms with van der Waals surface area (Å²) in [7, 11) is 1.95. The molecule has 0 N–H and O–H groups in total. The van der Waals surface area contributed by atoms with Crippen LogP contribution in [0.4, 0.5) is 5.82 Å². The molecule has 0 bridgehead atoms. The lowest BCUT2D eigenvalue weighted by Crippen LogP contribution is -2.36. The predicted molar refractivity (Wildman–Crippen MR) is 133 cm³/mol. The highest BCUT2D eigenvalue weighted by Crippen LogP contribution is 2.35.